The number of ether oxygens (including phenoxy) is 7. The minimum Gasteiger partial charge on any atom is -0.489 e. The SMILES string of the molecule is CC(C)(C)Oc1nc(OC(CCOCCC(Oc2ccc([N+](=O)[O-])c(OC(C)(C)C)n2)c2c(Cl)cc(OCC=C(Cl)Cl)cc2Cl)c2c(Cl)cc(OCC=C(Cl)Cl)cc2Cl)ccc1[N+](=O)[O-]. The molecule has 23 heteroatoms. The second-order valence-corrected chi connectivity index (χ2v) is 19.1. The Bertz CT molecular complexity index is 2180. The first-order chi connectivity index (χ1) is 30.4. The monoisotopic (exact) mass is 1060 g/mol. The molecule has 0 fully saturated rings. The van der Waals surface area contributed by atoms with E-state index in [9.17, 15) is 20.2 Å². The number of halogens is 8. The van der Waals surface area contributed by atoms with Crippen molar-refractivity contribution in [3.05, 3.63) is 121 Å². The van der Waals surface area contributed by atoms with E-state index in [0.29, 0.717) is 22.6 Å². The third kappa shape index (κ3) is 17.4. The molecule has 0 aliphatic rings. The van der Waals surface area contributed by atoms with Crippen LogP contribution in [0.3, 0.4) is 0 Å². The lowest BCUT2D eigenvalue weighted by Crippen LogP contribution is -2.24. The first-order valence-corrected chi connectivity index (χ1v) is 22.3. The lowest BCUT2D eigenvalue weighted by Gasteiger charge is -2.24. The van der Waals surface area contributed by atoms with Gasteiger partial charge in [-0.3, -0.25) is 20.2 Å². The highest BCUT2D eigenvalue weighted by Crippen LogP contribution is 2.42. The van der Waals surface area contributed by atoms with Crippen LogP contribution in [0.5, 0.6) is 35.0 Å². The van der Waals surface area contributed by atoms with E-state index in [2.05, 4.69) is 9.97 Å². The van der Waals surface area contributed by atoms with Gasteiger partial charge in [0.1, 0.15) is 57.1 Å². The van der Waals surface area contributed by atoms with Crippen LogP contribution in [-0.4, -0.2) is 57.4 Å². The first kappa shape index (κ1) is 53.7. The van der Waals surface area contributed by atoms with Crippen LogP contribution < -0.4 is 28.4 Å². The maximum Gasteiger partial charge on any atom is 0.331 e. The van der Waals surface area contributed by atoms with Crippen molar-refractivity contribution in [2.24, 2.45) is 0 Å². The maximum absolute atomic E-state index is 11.8. The standard InChI is InChI=1S/C42H42Cl8N4O11/c1-41(2,3)64-39-29(53(55)56)7-9-35(51-39)62-31(37-25(43)19-23(20-26(37)44)60-17-13-33(47)48)11-15-59-16-12-32(38-27(45)21-24(22-28(38)46)61-18-14-34(49)50)63-36-10-8-30(54(57)58)40(52-36)65-42(4,5)6/h7-10,13-14,19-22,31-32H,11-12,15-18H2,1-6H3. The van der Waals surface area contributed by atoms with E-state index in [1.165, 1.54) is 60.7 Å². The summed E-state index contributed by atoms with van der Waals surface area (Å²) in [6.45, 7) is 10.4. The number of benzene rings is 2. The van der Waals surface area contributed by atoms with Crippen molar-refractivity contribution in [3.8, 4) is 35.0 Å². The molecule has 15 nitrogen and oxygen atoms in total. The summed E-state index contributed by atoms with van der Waals surface area (Å²) in [5.41, 5.74) is -1.76. The Morgan fingerprint density at radius 1 is 0.615 bits per heavy atom. The van der Waals surface area contributed by atoms with Crippen LogP contribution in [0, 0.1) is 20.2 Å². The lowest BCUT2D eigenvalue weighted by atomic mass is 10.1. The Labute approximate surface area is 414 Å². The predicted octanol–water partition coefficient (Wildman–Crippen LogP) is 14.4. The van der Waals surface area contributed by atoms with Gasteiger partial charge in [0.05, 0.1) is 43.2 Å². The van der Waals surface area contributed by atoms with Gasteiger partial charge in [-0.15, -0.1) is 0 Å². The highest BCUT2D eigenvalue weighted by molar-refractivity contribution is 6.56. The van der Waals surface area contributed by atoms with Gasteiger partial charge in [0.15, 0.2) is 0 Å². The molecule has 4 aromatic rings. The summed E-state index contributed by atoms with van der Waals surface area (Å²) in [7, 11) is 0. The lowest BCUT2D eigenvalue weighted by molar-refractivity contribution is -0.386. The minimum absolute atomic E-state index is 0.00919. The molecule has 0 saturated heterocycles. The van der Waals surface area contributed by atoms with E-state index in [0.717, 1.165) is 0 Å². The smallest absolute Gasteiger partial charge is 0.331 e. The van der Waals surface area contributed by atoms with E-state index >= 15 is 0 Å². The van der Waals surface area contributed by atoms with Crippen molar-refractivity contribution in [1.29, 1.82) is 0 Å². The molecule has 2 unspecified atom stereocenters. The van der Waals surface area contributed by atoms with Crippen LogP contribution in [0.2, 0.25) is 20.1 Å². The van der Waals surface area contributed by atoms with E-state index in [-0.39, 0.29) is 103 Å². The molecule has 2 heterocycles. The second-order valence-electron chi connectivity index (χ2n) is 15.5. The Morgan fingerprint density at radius 2 is 0.954 bits per heavy atom. The Morgan fingerprint density at radius 3 is 1.25 bits per heavy atom. The summed E-state index contributed by atoms with van der Waals surface area (Å²) >= 11 is 50.1. The number of hydrogen-bond acceptors (Lipinski definition) is 13. The summed E-state index contributed by atoms with van der Waals surface area (Å²) in [4.78, 5) is 31.1. The molecule has 0 radical (unpaired) electrons. The molecular formula is C42H42Cl8N4O11. The van der Waals surface area contributed by atoms with E-state index in [4.69, 9.17) is 126 Å². The summed E-state index contributed by atoms with van der Waals surface area (Å²) in [6.07, 6.45) is 1.18. The molecule has 2 aromatic carbocycles. The number of hydrogen-bond donors (Lipinski definition) is 0. The Balaban J connectivity index is 1.65. The molecule has 352 valence electrons. The molecule has 0 amide bonds. The largest absolute Gasteiger partial charge is 0.489 e. The number of rotatable bonds is 22. The van der Waals surface area contributed by atoms with E-state index < -0.39 is 33.3 Å². The van der Waals surface area contributed by atoms with Crippen molar-refractivity contribution in [2.75, 3.05) is 26.4 Å². The zero-order valence-electron chi connectivity index (χ0n) is 35.5. The van der Waals surface area contributed by atoms with Gasteiger partial charge in [0.25, 0.3) is 11.8 Å². The quantitative estimate of drug-likeness (QED) is 0.0413. The molecule has 0 aliphatic carbocycles. The fourth-order valence-corrected chi connectivity index (χ4v) is 7.25. The van der Waals surface area contributed by atoms with Gasteiger partial charge < -0.3 is 33.2 Å². The molecule has 65 heavy (non-hydrogen) atoms. The maximum atomic E-state index is 11.8. The van der Waals surface area contributed by atoms with Crippen LogP contribution in [-0.2, 0) is 4.74 Å². The summed E-state index contributed by atoms with van der Waals surface area (Å²) < 4.78 is 41.8. The van der Waals surface area contributed by atoms with E-state index in [1.807, 2.05) is 0 Å². The molecular weight excluding hydrogens is 1020 g/mol. The van der Waals surface area contributed by atoms with Crippen molar-refractivity contribution >= 4 is 104 Å². The fraction of sp³-hybridized carbons (Fsp3) is 0.381. The zero-order chi connectivity index (χ0) is 48.2. The average Bonchev–Trinajstić information content (AvgIpc) is 3.15. The minimum atomic E-state index is -0.949. The molecule has 0 saturated carbocycles. The summed E-state index contributed by atoms with van der Waals surface area (Å²) in [5.74, 6) is 0.0102. The van der Waals surface area contributed by atoms with Crippen molar-refractivity contribution in [2.45, 2.75) is 77.8 Å². The van der Waals surface area contributed by atoms with Gasteiger partial charge in [-0.05, 0) is 78.0 Å². The van der Waals surface area contributed by atoms with Crippen molar-refractivity contribution in [3.63, 3.8) is 0 Å². The molecule has 2 atom stereocenters. The molecule has 0 bridgehead atoms. The van der Waals surface area contributed by atoms with Crippen LogP contribution in [0.15, 0.2) is 69.7 Å². The zero-order valence-corrected chi connectivity index (χ0v) is 41.5. The number of nitro groups is 2. The van der Waals surface area contributed by atoms with Gasteiger partial charge >= 0.3 is 11.4 Å². The third-order valence-corrected chi connectivity index (χ3v) is 10.00. The van der Waals surface area contributed by atoms with Crippen LogP contribution >= 0.6 is 92.8 Å². The normalized spacial score (nSPS) is 12.4. The van der Waals surface area contributed by atoms with Crippen LogP contribution in [0.4, 0.5) is 11.4 Å². The topological polar surface area (TPSA) is 177 Å². The van der Waals surface area contributed by atoms with Gasteiger partial charge in [0, 0.05) is 48.2 Å². The predicted molar refractivity (Wildman–Crippen MR) is 253 cm³/mol. The third-order valence-electron chi connectivity index (χ3n) is 8.13. The van der Waals surface area contributed by atoms with Gasteiger partial charge in [-0.1, -0.05) is 92.8 Å². The molecule has 4 rings (SSSR count). The first-order valence-electron chi connectivity index (χ1n) is 19.3. The average molecular weight is 1060 g/mol. The second kappa shape index (κ2) is 24.2. The highest BCUT2D eigenvalue weighted by atomic mass is 35.5. The number of pyridine rings is 2. The van der Waals surface area contributed by atoms with Crippen molar-refractivity contribution in [1.82, 2.24) is 9.97 Å². The molecule has 2 aromatic heterocycles. The summed E-state index contributed by atoms with van der Waals surface area (Å²) in [5, 5.41) is 24.3. The number of nitrogens with zero attached hydrogens (tertiary/aromatic N) is 4. The Hall–Kier alpha value is -3.90. The molecule has 0 spiro atoms. The summed E-state index contributed by atoms with van der Waals surface area (Å²) in [6, 6.07) is 11.2. The van der Waals surface area contributed by atoms with Gasteiger partial charge in [0.2, 0.25) is 11.8 Å². The van der Waals surface area contributed by atoms with Crippen molar-refractivity contribution < 1.29 is 43.0 Å². The highest BCUT2D eigenvalue weighted by Gasteiger charge is 2.29. The van der Waals surface area contributed by atoms with Gasteiger partial charge in [-0.25, -0.2) is 0 Å². The van der Waals surface area contributed by atoms with Crippen LogP contribution in [0.25, 0.3) is 0 Å². The number of aromatic nitrogens is 2. The molecule has 0 aliphatic heterocycles. The van der Waals surface area contributed by atoms with E-state index in [1.54, 1.807) is 41.5 Å². The van der Waals surface area contributed by atoms with Crippen LogP contribution in [0.1, 0.15) is 77.7 Å². The molecule has 0 N–H and O–H groups in total. The fourth-order valence-electron chi connectivity index (χ4n) is 5.58. The Kier molecular flexibility index (Phi) is 20.0. The van der Waals surface area contributed by atoms with Gasteiger partial charge in [-0.2, -0.15) is 9.97 Å².